The number of rotatable bonds is 10. The van der Waals surface area contributed by atoms with Gasteiger partial charge in [0.25, 0.3) is 5.92 Å². The molecule has 0 aromatic rings. The number of nitrogens with one attached hydrogen (secondary N) is 1. The predicted octanol–water partition coefficient (Wildman–Crippen LogP) is 5.53. The van der Waals surface area contributed by atoms with Crippen LogP contribution in [0.5, 0.6) is 0 Å². The summed E-state index contributed by atoms with van der Waals surface area (Å²) in [6.07, 6.45) is -7.03. The van der Waals surface area contributed by atoms with E-state index >= 15 is 4.39 Å². The fraction of sp³-hybridized carbons (Fsp3) is 1.00. The van der Waals surface area contributed by atoms with Gasteiger partial charge in [0.2, 0.25) is 5.79 Å². The number of halogens is 7. The average Bonchev–Trinajstić information content (AvgIpc) is 2.48. The molecule has 27 heavy (non-hydrogen) atoms. The lowest BCUT2D eigenvalue weighted by molar-refractivity contribution is -0.343. The molecule has 0 aliphatic carbocycles. The van der Waals surface area contributed by atoms with Crippen molar-refractivity contribution < 1.29 is 35.2 Å². The normalized spacial score (nSPS) is 20.9. The molecule has 0 aromatic carbocycles. The molecule has 2 nitrogen and oxygen atoms in total. The van der Waals surface area contributed by atoms with Crippen molar-refractivity contribution in [2.24, 2.45) is 0 Å². The predicted molar refractivity (Wildman–Crippen MR) is 98.8 cm³/mol. The Morgan fingerprint density at radius 2 is 1.33 bits per heavy atom. The van der Waals surface area contributed by atoms with Gasteiger partial charge in [-0.05, 0) is 39.0 Å². The quantitative estimate of drug-likeness (QED) is 0.272. The van der Waals surface area contributed by atoms with Crippen LogP contribution >= 0.6 is 0 Å². The Morgan fingerprint density at radius 1 is 0.889 bits per heavy atom. The van der Waals surface area contributed by atoms with Gasteiger partial charge in [0.1, 0.15) is 0 Å². The van der Waals surface area contributed by atoms with E-state index in [1.54, 1.807) is 20.0 Å². The van der Waals surface area contributed by atoms with Crippen LogP contribution in [0.25, 0.3) is 0 Å². The van der Waals surface area contributed by atoms with Crippen LogP contribution in [0.4, 0.5) is 30.7 Å². The zero-order valence-corrected chi connectivity index (χ0v) is 19.4. The Hall–Kier alpha value is -0.136. The second-order valence-electron chi connectivity index (χ2n) is 8.19. The molecule has 164 valence electrons. The Balaban J connectivity index is 5.94. The van der Waals surface area contributed by atoms with E-state index in [4.69, 9.17) is 4.43 Å². The van der Waals surface area contributed by atoms with Gasteiger partial charge < -0.3 is 4.43 Å². The summed E-state index contributed by atoms with van der Waals surface area (Å²) in [5, 5.41) is 1.20. The van der Waals surface area contributed by atoms with Crippen LogP contribution in [0, 0.1) is 0 Å². The van der Waals surface area contributed by atoms with E-state index in [-0.39, 0.29) is 13.1 Å². The summed E-state index contributed by atoms with van der Waals surface area (Å²) in [6, 6.07) is 0. The van der Waals surface area contributed by atoms with Gasteiger partial charge in [-0.2, -0.15) is 13.2 Å². The monoisotopic (exact) mass is 443 g/mol. The van der Waals surface area contributed by atoms with Crippen molar-refractivity contribution in [3.05, 3.63) is 0 Å². The van der Waals surface area contributed by atoms with Gasteiger partial charge in [-0.3, -0.25) is 5.32 Å². The molecule has 0 saturated heterocycles. The number of hydrogen-bond acceptors (Lipinski definition) is 2. The molecule has 0 aliphatic rings. The second-order valence-corrected chi connectivity index (χ2v) is 15.7. The van der Waals surface area contributed by atoms with Crippen molar-refractivity contribution in [1.82, 2.24) is 5.32 Å². The van der Waals surface area contributed by atoms with Crippen molar-refractivity contribution in [2.75, 3.05) is 6.17 Å². The summed E-state index contributed by atoms with van der Waals surface area (Å²) < 4.78 is 103. The molecule has 0 fully saturated rings. The van der Waals surface area contributed by atoms with Crippen LogP contribution < -0.4 is 5.32 Å². The lowest BCUT2D eigenvalue weighted by Gasteiger charge is -2.48. The maximum absolute atomic E-state index is 15.2. The molecule has 0 saturated carbocycles. The first-order chi connectivity index (χ1) is 11.7. The largest absolute Gasteiger partial charge is 0.433 e. The molecule has 0 aromatic heterocycles. The molecule has 1 N–H and O–H groups in total. The molecule has 3 atom stereocenters. The van der Waals surface area contributed by atoms with Gasteiger partial charge in [-0.1, -0.05) is 26.9 Å². The minimum absolute atomic E-state index is 0.252. The Morgan fingerprint density at radius 3 is 1.59 bits per heavy atom. The maximum Gasteiger partial charge on any atom is 0.433 e. The molecule has 0 aliphatic heterocycles. The zero-order chi connectivity index (χ0) is 22.1. The molecule has 0 rings (SSSR count). The number of hydrogen-bond donors (Lipinski definition) is 1. The van der Waals surface area contributed by atoms with Crippen molar-refractivity contribution in [1.29, 1.82) is 0 Å². The summed E-state index contributed by atoms with van der Waals surface area (Å²) in [4.78, 5) is 0. The van der Waals surface area contributed by atoms with E-state index in [1.807, 2.05) is 25.3 Å². The first kappa shape index (κ1) is 26.9. The Kier molecular flexibility index (Phi) is 8.27. The van der Waals surface area contributed by atoms with Crippen LogP contribution in [0.2, 0.25) is 26.2 Å². The van der Waals surface area contributed by atoms with E-state index in [2.05, 4.69) is 0 Å². The molecule has 11 heteroatoms. The van der Waals surface area contributed by atoms with Crippen molar-refractivity contribution in [3.8, 4) is 0 Å². The minimum atomic E-state index is -6.09. The Labute approximate surface area is 160 Å². The standard InChI is InChI=1S/C16H32F7NOSi2/c1-9-12(3,25-26(5)6)27(7,8)11-24-14(19,10-2)15(20,13(4,17)18)16(21,22)23/h24,26H,9-11H2,1-8H3. The highest BCUT2D eigenvalue weighted by molar-refractivity contribution is 6.80. The van der Waals surface area contributed by atoms with Crippen LogP contribution in [0.1, 0.15) is 40.5 Å². The summed E-state index contributed by atoms with van der Waals surface area (Å²) >= 11 is 0. The van der Waals surface area contributed by atoms with Gasteiger partial charge in [-0.15, -0.1) is 0 Å². The van der Waals surface area contributed by atoms with Crippen molar-refractivity contribution in [2.45, 2.75) is 95.5 Å². The van der Waals surface area contributed by atoms with Crippen molar-refractivity contribution >= 4 is 17.1 Å². The molecule has 0 spiro atoms. The van der Waals surface area contributed by atoms with Gasteiger partial charge in [0, 0.05) is 12.1 Å². The highest BCUT2D eigenvalue weighted by Gasteiger charge is 2.79. The van der Waals surface area contributed by atoms with E-state index in [1.165, 1.54) is 0 Å². The van der Waals surface area contributed by atoms with E-state index < -0.39 is 52.3 Å². The Bertz CT molecular complexity index is 482. The van der Waals surface area contributed by atoms with Gasteiger partial charge in [-0.25, -0.2) is 17.6 Å². The van der Waals surface area contributed by atoms with Gasteiger partial charge >= 0.3 is 11.8 Å². The molecule has 0 amide bonds. The van der Waals surface area contributed by atoms with Crippen LogP contribution in [0.15, 0.2) is 0 Å². The summed E-state index contributed by atoms with van der Waals surface area (Å²) in [5.74, 6) is -8.94. The van der Waals surface area contributed by atoms with Gasteiger partial charge in [0.05, 0.1) is 8.07 Å². The summed E-state index contributed by atoms with van der Waals surface area (Å²) in [7, 11) is -4.20. The maximum atomic E-state index is 15.2. The zero-order valence-electron chi connectivity index (χ0n) is 17.3. The molecular formula is C16H32F7NOSi2. The summed E-state index contributed by atoms with van der Waals surface area (Å²) in [5.41, 5.74) is -5.36. The van der Waals surface area contributed by atoms with Crippen molar-refractivity contribution in [3.63, 3.8) is 0 Å². The molecule has 0 radical (unpaired) electrons. The van der Waals surface area contributed by atoms with Crippen LogP contribution in [0.3, 0.4) is 0 Å². The lowest BCUT2D eigenvalue weighted by Crippen LogP contribution is -2.73. The second kappa shape index (κ2) is 8.31. The van der Waals surface area contributed by atoms with E-state index in [0.29, 0.717) is 6.42 Å². The highest BCUT2D eigenvalue weighted by Crippen LogP contribution is 2.53. The van der Waals surface area contributed by atoms with E-state index in [0.717, 1.165) is 6.92 Å². The first-order valence-corrected chi connectivity index (χ1v) is 15.0. The fourth-order valence-electron chi connectivity index (χ4n) is 3.10. The third kappa shape index (κ3) is 5.08. The highest BCUT2D eigenvalue weighted by atomic mass is 28.3. The average molecular weight is 444 g/mol. The number of alkyl halides is 7. The molecule has 3 unspecified atom stereocenters. The smallest absolute Gasteiger partial charge is 0.418 e. The lowest BCUT2D eigenvalue weighted by atomic mass is 9.85. The SMILES string of the molecule is CCC(F)(NC[Si](C)(C)C(C)(CC)O[SiH](C)C)C(F)(C(C)(F)F)C(F)(F)F. The van der Waals surface area contributed by atoms with E-state index in [9.17, 15) is 26.3 Å². The van der Waals surface area contributed by atoms with Crippen LogP contribution in [-0.4, -0.2) is 52.1 Å². The summed E-state index contributed by atoms with van der Waals surface area (Å²) in [6.45, 7) is 11.6. The molecule has 0 heterocycles. The topological polar surface area (TPSA) is 21.3 Å². The third-order valence-corrected chi connectivity index (χ3v) is 11.1. The van der Waals surface area contributed by atoms with Crippen LogP contribution in [-0.2, 0) is 4.43 Å². The minimum Gasteiger partial charge on any atom is -0.418 e. The third-order valence-electron chi connectivity index (χ3n) is 5.44. The first-order valence-electron chi connectivity index (χ1n) is 9.00. The molecule has 0 bridgehead atoms. The van der Waals surface area contributed by atoms with Gasteiger partial charge in [0.15, 0.2) is 9.04 Å². The molecular weight excluding hydrogens is 411 g/mol. The fourth-order valence-corrected chi connectivity index (χ4v) is 8.35.